The van der Waals surface area contributed by atoms with Crippen molar-refractivity contribution in [2.45, 2.75) is 25.4 Å². The molecule has 0 unspecified atom stereocenters. The Morgan fingerprint density at radius 1 is 0.912 bits per heavy atom. The van der Waals surface area contributed by atoms with E-state index in [2.05, 4.69) is 4.98 Å². The normalized spacial score (nSPS) is 14.4. The van der Waals surface area contributed by atoms with Crippen LogP contribution < -0.4 is 4.74 Å². The summed E-state index contributed by atoms with van der Waals surface area (Å²) in [6, 6.07) is 8.22. The minimum Gasteiger partial charge on any atom is -0.467 e. The summed E-state index contributed by atoms with van der Waals surface area (Å²) in [5.41, 5.74) is -1.79. The van der Waals surface area contributed by atoms with Crippen LogP contribution in [0.15, 0.2) is 54.7 Å². The summed E-state index contributed by atoms with van der Waals surface area (Å²) in [6.07, 6.45) is -8.59. The average molecular weight is 484 g/mol. The van der Waals surface area contributed by atoms with Crippen molar-refractivity contribution in [2.75, 3.05) is 6.61 Å². The van der Waals surface area contributed by atoms with Gasteiger partial charge in [-0.25, -0.2) is 9.37 Å². The quantitative estimate of drug-likeness (QED) is 0.439. The van der Waals surface area contributed by atoms with Crippen molar-refractivity contribution >= 4 is 5.91 Å². The highest BCUT2D eigenvalue weighted by Gasteiger charge is 2.37. The Morgan fingerprint density at radius 2 is 1.53 bits per heavy atom. The van der Waals surface area contributed by atoms with Gasteiger partial charge in [0, 0.05) is 18.3 Å². The molecule has 0 N–H and O–H groups in total. The third-order valence-electron chi connectivity index (χ3n) is 5.23. The highest BCUT2D eigenvalue weighted by atomic mass is 19.4. The van der Waals surface area contributed by atoms with Crippen LogP contribution >= 0.6 is 0 Å². The van der Waals surface area contributed by atoms with Gasteiger partial charge in [-0.1, -0.05) is 12.1 Å². The van der Waals surface area contributed by atoms with Gasteiger partial charge in [0.2, 0.25) is 5.88 Å². The number of pyridine rings is 1. The largest absolute Gasteiger partial charge is 0.467 e. The molecule has 2 aromatic carbocycles. The van der Waals surface area contributed by atoms with Crippen LogP contribution in [0.5, 0.6) is 5.88 Å². The SMILES string of the molecule is O=C1COc2nccc(-c3ccc(F)cc3)c2CN1Cc1cc(C(F)(F)F)cc(C(F)(F)F)c1. The molecule has 1 aliphatic heterocycles. The van der Waals surface area contributed by atoms with Crippen LogP contribution in [0, 0.1) is 5.82 Å². The van der Waals surface area contributed by atoms with Crippen LogP contribution in [0.2, 0.25) is 0 Å². The zero-order valence-electron chi connectivity index (χ0n) is 17.2. The van der Waals surface area contributed by atoms with Gasteiger partial charge < -0.3 is 9.64 Å². The first-order chi connectivity index (χ1) is 15.9. The summed E-state index contributed by atoms with van der Waals surface area (Å²) in [7, 11) is 0. The molecule has 11 heteroatoms. The lowest BCUT2D eigenvalue weighted by Gasteiger charge is -2.22. The summed E-state index contributed by atoms with van der Waals surface area (Å²) in [6.45, 7) is -1.21. The van der Waals surface area contributed by atoms with Gasteiger partial charge in [0.1, 0.15) is 5.82 Å². The zero-order valence-corrected chi connectivity index (χ0v) is 17.2. The number of benzene rings is 2. The van der Waals surface area contributed by atoms with Gasteiger partial charge in [0.15, 0.2) is 6.61 Å². The molecule has 0 spiro atoms. The Kier molecular flexibility index (Phi) is 5.96. The number of halogens is 7. The average Bonchev–Trinajstić information content (AvgIpc) is 2.92. The lowest BCUT2D eigenvalue weighted by Crippen LogP contribution is -2.32. The topological polar surface area (TPSA) is 42.4 Å². The third-order valence-corrected chi connectivity index (χ3v) is 5.23. The first kappa shape index (κ1) is 23.5. The fourth-order valence-electron chi connectivity index (χ4n) is 3.63. The first-order valence-electron chi connectivity index (χ1n) is 9.84. The van der Waals surface area contributed by atoms with Crippen molar-refractivity contribution in [1.82, 2.24) is 9.88 Å². The van der Waals surface area contributed by atoms with Gasteiger partial charge in [0.25, 0.3) is 5.91 Å². The van der Waals surface area contributed by atoms with Gasteiger partial charge in [-0.2, -0.15) is 26.3 Å². The fraction of sp³-hybridized carbons (Fsp3) is 0.217. The minimum absolute atomic E-state index is 0.0305. The molecule has 0 saturated heterocycles. The molecule has 0 atom stereocenters. The molecular weight excluding hydrogens is 469 g/mol. The lowest BCUT2D eigenvalue weighted by molar-refractivity contribution is -0.143. The molecule has 3 aromatic rings. The molecule has 2 heterocycles. The molecule has 1 aromatic heterocycles. The van der Waals surface area contributed by atoms with E-state index in [0.717, 1.165) is 4.90 Å². The molecule has 0 radical (unpaired) electrons. The van der Waals surface area contributed by atoms with Crippen LogP contribution in [-0.2, 0) is 30.2 Å². The van der Waals surface area contributed by atoms with Gasteiger partial charge in [0.05, 0.1) is 17.7 Å². The van der Waals surface area contributed by atoms with Gasteiger partial charge >= 0.3 is 12.4 Å². The monoisotopic (exact) mass is 484 g/mol. The number of rotatable bonds is 3. The molecule has 1 aliphatic rings. The molecule has 34 heavy (non-hydrogen) atoms. The van der Waals surface area contributed by atoms with Crippen molar-refractivity contribution < 1.29 is 40.3 Å². The number of carbonyl (C=O) groups is 1. The third kappa shape index (κ3) is 4.97. The minimum atomic E-state index is -5.01. The molecule has 178 valence electrons. The van der Waals surface area contributed by atoms with Gasteiger partial charge in [-0.15, -0.1) is 0 Å². The molecule has 0 aliphatic carbocycles. The van der Waals surface area contributed by atoms with E-state index in [4.69, 9.17) is 4.74 Å². The Morgan fingerprint density at radius 3 is 2.12 bits per heavy atom. The molecule has 0 saturated carbocycles. The standard InChI is InChI=1S/C23H15F7N2O2/c24-17-3-1-14(2-4-17)18-5-6-31-21-19(18)11-32(20(33)12-34-21)10-13-7-15(22(25,26)27)9-16(8-13)23(28,29)30/h1-9H,10-12H2. The van der Waals surface area contributed by atoms with E-state index >= 15 is 0 Å². The van der Waals surface area contributed by atoms with Crippen LogP contribution in [0.3, 0.4) is 0 Å². The summed E-state index contributed by atoms with van der Waals surface area (Å²) >= 11 is 0. The smallest absolute Gasteiger partial charge is 0.416 e. The number of amides is 1. The maximum absolute atomic E-state index is 13.3. The van der Waals surface area contributed by atoms with Gasteiger partial charge in [-0.3, -0.25) is 4.79 Å². The van der Waals surface area contributed by atoms with Crippen molar-refractivity contribution in [3.05, 3.63) is 82.8 Å². The number of fused-ring (bicyclic) bond motifs is 1. The Balaban J connectivity index is 1.72. The lowest BCUT2D eigenvalue weighted by atomic mass is 10.0. The Labute approximate surface area is 188 Å². The molecular formula is C23H15F7N2O2. The van der Waals surface area contributed by atoms with Gasteiger partial charge in [-0.05, 0) is 53.1 Å². The fourth-order valence-corrected chi connectivity index (χ4v) is 3.63. The molecule has 1 amide bonds. The van der Waals surface area contributed by atoms with E-state index < -0.39 is 48.4 Å². The Bertz CT molecular complexity index is 1190. The van der Waals surface area contributed by atoms with Crippen molar-refractivity contribution in [1.29, 1.82) is 0 Å². The summed E-state index contributed by atoms with van der Waals surface area (Å²) in [4.78, 5) is 17.8. The van der Waals surface area contributed by atoms with Crippen LogP contribution in [0.1, 0.15) is 22.3 Å². The van der Waals surface area contributed by atoms with Crippen molar-refractivity contribution in [3.63, 3.8) is 0 Å². The predicted molar refractivity (Wildman–Crippen MR) is 106 cm³/mol. The number of alkyl halides is 6. The number of hydrogen-bond acceptors (Lipinski definition) is 3. The van der Waals surface area contributed by atoms with E-state index in [0.29, 0.717) is 28.8 Å². The van der Waals surface area contributed by atoms with E-state index in [9.17, 15) is 35.5 Å². The first-order valence-corrected chi connectivity index (χ1v) is 9.84. The van der Waals surface area contributed by atoms with E-state index in [-0.39, 0.29) is 24.1 Å². The maximum atomic E-state index is 13.3. The number of ether oxygens (including phenoxy) is 1. The molecule has 0 fully saturated rings. The second-order valence-corrected chi connectivity index (χ2v) is 7.60. The van der Waals surface area contributed by atoms with Crippen LogP contribution in [0.25, 0.3) is 11.1 Å². The number of hydrogen-bond donors (Lipinski definition) is 0. The molecule has 4 nitrogen and oxygen atoms in total. The van der Waals surface area contributed by atoms with Crippen LogP contribution in [-0.4, -0.2) is 22.4 Å². The second kappa shape index (κ2) is 8.62. The number of nitrogens with zero attached hydrogens (tertiary/aromatic N) is 2. The molecule has 4 rings (SSSR count). The highest BCUT2D eigenvalue weighted by Crippen LogP contribution is 2.37. The highest BCUT2D eigenvalue weighted by molar-refractivity contribution is 5.80. The summed E-state index contributed by atoms with van der Waals surface area (Å²) in [5, 5.41) is 0. The van der Waals surface area contributed by atoms with Crippen molar-refractivity contribution in [2.24, 2.45) is 0 Å². The van der Waals surface area contributed by atoms with E-state index in [1.807, 2.05) is 0 Å². The number of aromatic nitrogens is 1. The Hall–Kier alpha value is -3.63. The predicted octanol–water partition coefficient (Wildman–Crippen LogP) is 5.85. The summed E-state index contributed by atoms with van der Waals surface area (Å²) < 4.78 is 98.1. The van der Waals surface area contributed by atoms with Crippen LogP contribution in [0.4, 0.5) is 30.7 Å². The van der Waals surface area contributed by atoms with E-state index in [1.165, 1.54) is 30.5 Å². The second-order valence-electron chi connectivity index (χ2n) is 7.60. The molecule has 0 bridgehead atoms. The number of carbonyl (C=O) groups excluding carboxylic acids is 1. The zero-order chi connectivity index (χ0) is 24.7. The van der Waals surface area contributed by atoms with Crippen molar-refractivity contribution in [3.8, 4) is 17.0 Å². The summed E-state index contributed by atoms with van der Waals surface area (Å²) in [5.74, 6) is -1.02. The van der Waals surface area contributed by atoms with E-state index in [1.54, 1.807) is 6.07 Å². The maximum Gasteiger partial charge on any atom is 0.416 e.